The zero-order chi connectivity index (χ0) is 23.0. The normalized spacial score (nSPS) is 21.3. The second-order valence-corrected chi connectivity index (χ2v) is 9.09. The predicted molar refractivity (Wildman–Crippen MR) is 134 cm³/mol. The average Bonchev–Trinajstić information content (AvgIpc) is 3.48. The third kappa shape index (κ3) is 6.48. The van der Waals surface area contributed by atoms with E-state index in [-0.39, 0.29) is 6.03 Å². The van der Waals surface area contributed by atoms with Crippen LogP contribution in [0.1, 0.15) is 37.3 Å². The number of likely N-dealkylation sites (tertiary alicyclic amines) is 2. The predicted octanol–water partition coefficient (Wildman–Crippen LogP) is 3.64. The number of hydrogen-bond acceptors (Lipinski definition) is 3. The van der Waals surface area contributed by atoms with Crippen LogP contribution in [-0.2, 0) is 13.1 Å². The molecule has 2 amide bonds. The number of amides is 2. The molecule has 176 valence electrons. The van der Waals surface area contributed by atoms with E-state index in [0.29, 0.717) is 18.6 Å². The van der Waals surface area contributed by atoms with Gasteiger partial charge in [-0.05, 0) is 49.4 Å². The SMILES string of the molecule is CN=C(NCc1cccc(NC(=O)N2CCCC2)c1)NC1CC(C)N(Cc2ccccc2)C1. The number of nitrogens with zero attached hydrogens (tertiary/aromatic N) is 3. The largest absolute Gasteiger partial charge is 0.352 e. The first kappa shape index (κ1) is 23.1. The van der Waals surface area contributed by atoms with Gasteiger partial charge in [-0.2, -0.15) is 0 Å². The van der Waals surface area contributed by atoms with E-state index in [1.807, 2.05) is 30.1 Å². The second kappa shape index (κ2) is 11.2. The molecule has 3 N–H and O–H groups in total. The van der Waals surface area contributed by atoms with E-state index in [0.717, 1.165) is 62.7 Å². The number of benzene rings is 2. The molecule has 2 unspecified atom stereocenters. The Balaban J connectivity index is 1.26. The number of urea groups is 1. The number of nitrogens with one attached hydrogen (secondary N) is 3. The van der Waals surface area contributed by atoms with Crippen molar-refractivity contribution in [2.75, 3.05) is 32.0 Å². The lowest BCUT2D eigenvalue weighted by Gasteiger charge is -2.21. The molecule has 7 nitrogen and oxygen atoms in total. The number of aliphatic imine (C=N–C) groups is 1. The van der Waals surface area contributed by atoms with Gasteiger partial charge in [0.25, 0.3) is 0 Å². The average molecular weight is 449 g/mol. The van der Waals surface area contributed by atoms with Crippen LogP contribution in [0, 0.1) is 0 Å². The van der Waals surface area contributed by atoms with Gasteiger partial charge in [0.1, 0.15) is 0 Å². The molecule has 2 atom stereocenters. The molecular formula is C26H36N6O. The Labute approximate surface area is 197 Å². The highest BCUT2D eigenvalue weighted by molar-refractivity contribution is 5.89. The molecule has 2 aliphatic heterocycles. The lowest BCUT2D eigenvalue weighted by Crippen LogP contribution is -2.44. The van der Waals surface area contributed by atoms with Crippen LogP contribution in [0.15, 0.2) is 59.6 Å². The Kier molecular flexibility index (Phi) is 7.83. The summed E-state index contributed by atoms with van der Waals surface area (Å²) in [6.45, 7) is 6.60. The molecule has 2 aliphatic rings. The minimum Gasteiger partial charge on any atom is -0.352 e. The first-order valence-electron chi connectivity index (χ1n) is 12.0. The number of guanidine groups is 1. The molecule has 2 heterocycles. The summed E-state index contributed by atoms with van der Waals surface area (Å²) in [6.07, 6.45) is 3.27. The highest BCUT2D eigenvalue weighted by Gasteiger charge is 2.29. The molecule has 0 radical (unpaired) electrons. The summed E-state index contributed by atoms with van der Waals surface area (Å²) < 4.78 is 0. The van der Waals surface area contributed by atoms with Crippen LogP contribution in [-0.4, -0.2) is 60.6 Å². The highest BCUT2D eigenvalue weighted by atomic mass is 16.2. The van der Waals surface area contributed by atoms with Crippen LogP contribution in [0.5, 0.6) is 0 Å². The van der Waals surface area contributed by atoms with Crippen LogP contribution in [0.25, 0.3) is 0 Å². The summed E-state index contributed by atoms with van der Waals surface area (Å²) in [6, 6.07) is 19.5. The summed E-state index contributed by atoms with van der Waals surface area (Å²) in [5.74, 6) is 0.806. The molecule has 7 heteroatoms. The van der Waals surface area contributed by atoms with Crippen LogP contribution < -0.4 is 16.0 Å². The molecule has 2 saturated heterocycles. The zero-order valence-electron chi connectivity index (χ0n) is 19.8. The van der Waals surface area contributed by atoms with Crippen LogP contribution in [0.4, 0.5) is 10.5 Å². The van der Waals surface area contributed by atoms with E-state index in [2.05, 4.69) is 69.2 Å². The molecule has 2 aromatic carbocycles. The number of anilines is 1. The van der Waals surface area contributed by atoms with Gasteiger partial charge >= 0.3 is 6.03 Å². The Hall–Kier alpha value is -3.06. The quantitative estimate of drug-likeness (QED) is 0.466. The van der Waals surface area contributed by atoms with E-state index in [9.17, 15) is 4.79 Å². The molecule has 2 aromatic rings. The summed E-state index contributed by atoms with van der Waals surface area (Å²) in [7, 11) is 1.81. The molecule has 4 rings (SSSR count). The Bertz CT molecular complexity index is 941. The first-order chi connectivity index (χ1) is 16.1. The molecule has 0 aromatic heterocycles. The van der Waals surface area contributed by atoms with Crippen molar-refractivity contribution in [3.63, 3.8) is 0 Å². The molecule has 2 fully saturated rings. The monoisotopic (exact) mass is 448 g/mol. The van der Waals surface area contributed by atoms with Gasteiger partial charge in [-0.25, -0.2) is 4.79 Å². The zero-order valence-corrected chi connectivity index (χ0v) is 19.8. The maximum absolute atomic E-state index is 12.4. The van der Waals surface area contributed by atoms with E-state index in [1.54, 1.807) is 0 Å². The second-order valence-electron chi connectivity index (χ2n) is 9.09. The number of carbonyl (C=O) groups is 1. The lowest BCUT2D eigenvalue weighted by molar-refractivity contribution is 0.222. The topological polar surface area (TPSA) is 72.0 Å². The maximum Gasteiger partial charge on any atom is 0.321 e. The van der Waals surface area contributed by atoms with E-state index in [4.69, 9.17) is 0 Å². The molecular weight excluding hydrogens is 412 g/mol. The first-order valence-corrected chi connectivity index (χ1v) is 12.0. The van der Waals surface area contributed by atoms with Gasteiger partial charge in [0, 0.05) is 57.5 Å². The van der Waals surface area contributed by atoms with Gasteiger partial charge in [0.2, 0.25) is 0 Å². The third-order valence-electron chi connectivity index (χ3n) is 6.53. The highest BCUT2D eigenvalue weighted by Crippen LogP contribution is 2.20. The van der Waals surface area contributed by atoms with Crippen LogP contribution >= 0.6 is 0 Å². The standard InChI is InChI=1S/C26H36N6O/c1-20-15-24(19-32(20)18-21-9-4-3-5-10-21)29-25(27-2)28-17-22-11-8-12-23(16-22)30-26(33)31-13-6-7-14-31/h3-5,8-12,16,20,24H,6-7,13-15,17-19H2,1-2H3,(H,30,33)(H2,27,28,29). The van der Waals surface area contributed by atoms with Crippen molar-refractivity contribution in [1.29, 1.82) is 0 Å². The third-order valence-corrected chi connectivity index (χ3v) is 6.53. The Morgan fingerprint density at radius 3 is 2.58 bits per heavy atom. The summed E-state index contributed by atoms with van der Waals surface area (Å²) in [5, 5.41) is 10.0. The van der Waals surface area contributed by atoms with E-state index >= 15 is 0 Å². The summed E-state index contributed by atoms with van der Waals surface area (Å²) in [5.41, 5.74) is 3.28. The van der Waals surface area contributed by atoms with Crippen molar-refractivity contribution >= 4 is 17.7 Å². The molecule has 0 aliphatic carbocycles. The molecule has 33 heavy (non-hydrogen) atoms. The Morgan fingerprint density at radius 1 is 1.06 bits per heavy atom. The van der Waals surface area contributed by atoms with Crippen molar-refractivity contribution in [1.82, 2.24) is 20.4 Å². The van der Waals surface area contributed by atoms with Crippen molar-refractivity contribution in [2.45, 2.75) is 51.4 Å². The minimum atomic E-state index is -0.00880. The fourth-order valence-electron chi connectivity index (χ4n) is 4.70. The number of hydrogen-bond donors (Lipinski definition) is 3. The van der Waals surface area contributed by atoms with Gasteiger partial charge in [-0.15, -0.1) is 0 Å². The fourth-order valence-corrected chi connectivity index (χ4v) is 4.70. The molecule has 0 saturated carbocycles. The van der Waals surface area contributed by atoms with Gasteiger partial charge in [0.05, 0.1) is 0 Å². The van der Waals surface area contributed by atoms with Gasteiger partial charge < -0.3 is 20.9 Å². The van der Waals surface area contributed by atoms with Crippen LogP contribution in [0.2, 0.25) is 0 Å². The van der Waals surface area contributed by atoms with Crippen molar-refractivity contribution in [2.24, 2.45) is 4.99 Å². The van der Waals surface area contributed by atoms with Crippen molar-refractivity contribution in [3.05, 3.63) is 65.7 Å². The number of carbonyl (C=O) groups excluding carboxylic acids is 1. The summed E-state index contributed by atoms with van der Waals surface area (Å²) in [4.78, 5) is 21.2. The van der Waals surface area contributed by atoms with Crippen LogP contribution in [0.3, 0.4) is 0 Å². The van der Waals surface area contributed by atoms with Gasteiger partial charge in [-0.3, -0.25) is 9.89 Å². The van der Waals surface area contributed by atoms with Crippen molar-refractivity contribution < 1.29 is 4.79 Å². The van der Waals surface area contributed by atoms with Crippen molar-refractivity contribution in [3.8, 4) is 0 Å². The van der Waals surface area contributed by atoms with Gasteiger partial charge in [-0.1, -0.05) is 42.5 Å². The minimum absolute atomic E-state index is 0.00880. The van der Waals surface area contributed by atoms with E-state index < -0.39 is 0 Å². The lowest BCUT2D eigenvalue weighted by atomic mass is 10.2. The summed E-state index contributed by atoms with van der Waals surface area (Å²) >= 11 is 0. The van der Waals surface area contributed by atoms with E-state index in [1.165, 1.54) is 5.56 Å². The smallest absolute Gasteiger partial charge is 0.321 e. The molecule has 0 bridgehead atoms. The molecule has 0 spiro atoms. The van der Waals surface area contributed by atoms with Gasteiger partial charge in [0.15, 0.2) is 5.96 Å². The maximum atomic E-state index is 12.4. The fraction of sp³-hybridized carbons (Fsp3) is 0.462. The Morgan fingerprint density at radius 2 is 1.82 bits per heavy atom. The number of rotatable bonds is 6.